The van der Waals surface area contributed by atoms with E-state index in [1.807, 2.05) is 51.1 Å². The van der Waals surface area contributed by atoms with Gasteiger partial charge in [0.15, 0.2) is 0 Å². The molecular formula is C17H22N2O2S. The van der Waals surface area contributed by atoms with Crippen molar-refractivity contribution in [3.05, 3.63) is 51.5 Å². The molecule has 1 atom stereocenters. The molecule has 22 heavy (non-hydrogen) atoms. The fraction of sp³-hybridized carbons (Fsp3) is 0.412. The van der Waals surface area contributed by atoms with Crippen LogP contribution in [0.25, 0.3) is 0 Å². The first kappa shape index (κ1) is 16.6. The Morgan fingerprint density at radius 3 is 2.50 bits per heavy atom. The molecule has 0 saturated carbocycles. The van der Waals surface area contributed by atoms with Crippen LogP contribution < -0.4 is 0 Å². The zero-order chi connectivity index (χ0) is 16.1. The highest BCUT2D eigenvalue weighted by molar-refractivity contribution is 7.11. The van der Waals surface area contributed by atoms with E-state index in [0.29, 0.717) is 25.2 Å². The van der Waals surface area contributed by atoms with E-state index in [1.165, 1.54) is 11.3 Å². The number of carbonyl (C=O) groups excluding carboxylic acids is 1. The van der Waals surface area contributed by atoms with Gasteiger partial charge in [0.25, 0.3) is 5.91 Å². The number of aliphatic hydroxyl groups excluding tert-OH is 1. The number of aliphatic hydroxyl groups is 1. The van der Waals surface area contributed by atoms with Gasteiger partial charge < -0.3 is 10.0 Å². The molecular weight excluding hydrogens is 296 g/mol. The highest BCUT2D eigenvalue weighted by Crippen LogP contribution is 2.26. The summed E-state index contributed by atoms with van der Waals surface area (Å²) in [6.07, 6.45) is -0.206. The van der Waals surface area contributed by atoms with Crippen LogP contribution in [0.3, 0.4) is 0 Å². The second kappa shape index (κ2) is 7.51. The van der Waals surface area contributed by atoms with Crippen molar-refractivity contribution in [3.8, 4) is 0 Å². The molecule has 0 fully saturated rings. The molecule has 118 valence electrons. The number of carbonyl (C=O) groups is 1. The first-order valence-corrected chi connectivity index (χ1v) is 8.37. The topological polar surface area (TPSA) is 53.4 Å². The Labute approximate surface area is 135 Å². The second-order valence-corrected chi connectivity index (χ2v) is 6.40. The van der Waals surface area contributed by atoms with E-state index in [4.69, 9.17) is 0 Å². The molecule has 1 aromatic heterocycles. The summed E-state index contributed by atoms with van der Waals surface area (Å²) in [5.74, 6) is -0.0513. The van der Waals surface area contributed by atoms with Crippen molar-refractivity contribution in [2.45, 2.75) is 33.3 Å². The fourth-order valence-corrected chi connectivity index (χ4v) is 3.37. The summed E-state index contributed by atoms with van der Waals surface area (Å²) in [5.41, 5.74) is 1.34. The van der Waals surface area contributed by atoms with Crippen molar-refractivity contribution in [1.82, 2.24) is 9.88 Å². The molecule has 0 saturated heterocycles. The van der Waals surface area contributed by atoms with Crippen molar-refractivity contribution >= 4 is 17.2 Å². The van der Waals surface area contributed by atoms with Gasteiger partial charge in [-0.2, -0.15) is 0 Å². The average molecular weight is 318 g/mol. The van der Waals surface area contributed by atoms with Gasteiger partial charge in [-0.05, 0) is 26.3 Å². The molecule has 0 radical (unpaired) electrons. The monoisotopic (exact) mass is 318 g/mol. The molecule has 1 N–H and O–H groups in total. The van der Waals surface area contributed by atoms with Crippen molar-refractivity contribution in [2.24, 2.45) is 0 Å². The lowest BCUT2D eigenvalue weighted by Crippen LogP contribution is -2.31. The lowest BCUT2D eigenvalue weighted by atomic mass is 10.1. The Morgan fingerprint density at radius 2 is 1.91 bits per heavy atom. The predicted molar refractivity (Wildman–Crippen MR) is 89.2 cm³/mol. The van der Waals surface area contributed by atoms with Gasteiger partial charge in [0.2, 0.25) is 0 Å². The molecule has 0 aliphatic carbocycles. The van der Waals surface area contributed by atoms with Gasteiger partial charge >= 0.3 is 0 Å². The summed E-state index contributed by atoms with van der Waals surface area (Å²) < 4.78 is 0. The fourth-order valence-electron chi connectivity index (χ4n) is 2.40. The number of thiazole rings is 1. The summed E-state index contributed by atoms with van der Waals surface area (Å²) in [6, 6.07) is 9.51. The van der Waals surface area contributed by atoms with E-state index in [0.717, 1.165) is 15.4 Å². The van der Waals surface area contributed by atoms with Crippen molar-refractivity contribution in [3.63, 3.8) is 0 Å². The molecule has 0 spiro atoms. The van der Waals surface area contributed by atoms with Crippen LogP contribution in [0.1, 0.15) is 45.9 Å². The Balaban J connectivity index is 2.23. The minimum absolute atomic E-state index is 0.0513. The quantitative estimate of drug-likeness (QED) is 0.890. The molecule has 1 unspecified atom stereocenters. The molecule has 2 rings (SSSR count). The number of amides is 1. The maximum atomic E-state index is 12.5. The highest BCUT2D eigenvalue weighted by atomic mass is 32.1. The van der Waals surface area contributed by atoms with E-state index in [-0.39, 0.29) is 5.91 Å². The molecule has 1 aromatic carbocycles. The summed E-state index contributed by atoms with van der Waals surface area (Å²) in [7, 11) is 0. The minimum atomic E-state index is -0.621. The lowest BCUT2D eigenvalue weighted by Gasteiger charge is -2.18. The summed E-state index contributed by atoms with van der Waals surface area (Å²) in [4.78, 5) is 19.5. The number of nitrogens with zero attached hydrogens (tertiary/aromatic N) is 2. The average Bonchev–Trinajstić information content (AvgIpc) is 2.89. The lowest BCUT2D eigenvalue weighted by molar-refractivity contribution is 0.0765. The smallest absolute Gasteiger partial charge is 0.273 e. The van der Waals surface area contributed by atoms with Gasteiger partial charge in [-0.25, -0.2) is 4.98 Å². The number of aryl methyl sites for hydroxylation is 1. The largest absolute Gasteiger partial charge is 0.388 e. The highest BCUT2D eigenvalue weighted by Gasteiger charge is 2.23. The van der Waals surface area contributed by atoms with Crippen molar-refractivity contribution < 1.29 is 9.90 Å². The van der Waals surface area contributed by atoms with Crippen LogP contribution >= 0.6 is 11.3 Å². The number of hydrogen-bond donors (Lipinski definition) is 1. The molecule has 2 aromatic rings. The predicted octanol–water partition coefficient (Wildman–Crippen LogP) is 3.21. The third-order valence-corrected chi connectivity index (χ3v) is 4.61. The van der Waals surface area contributed by atoms with E-state index < -0.39 is 6.10 Å². The first-order chi connectivity index (χ1) is 10.6. The van der Waals surface area contributed by atoms with Gasteiger partial charge in [-0.3, -0.25) is 4.79 Å². The molecule has 0 aliphatic heterocycles. The normalized spacial score (nSPS) is 12.2. The van der Waals surface area contributed by atoms with Crippen molar-refractivity contribution in [2.75, 3.05) is 13.1 Å². The summed E-state index contributed by atoms with van der Waals surface area (Å²) in [6.45, 7) is 7.12. The first-order valence-electron chi connectivity index (χ1n) is 7.55. The van der Waals surface area contributed by atoms with Crippen LogP contribution in [-0.2, 0) is 6.42 Å². The minimum Gasteiger partial charge on any atom is -0.388 e. The van der Waals surface area contributed by atoms with Crippen LogP contribution in [0.2, 0.25) is 0 Å². The molecule has 1 amide bonds. The van der Waals surface area contributed by atoms with Gasteiger partial charge in [-0.1, -0.05) is 30.3 Å². The van der Waals surface area contributed by atoms with Gasteiger partial charge in [-0.15, -0.1) is 11.3 Å². The van der Waals surface area contributed by atoms with Crippen LogP contribution in [0.5, 0.6) is 0 Å². The Morgan fingerprint density at radius 1 is 1.27 bits per heavy atom. The maximum Gasteiger partial charge on any atom is 0.273 e. The van der Waals surface area contributed by atoms with E-state index >= 15 is 0 Å². The van der Waals surface area contributed by atoms with E-state index in [9.17, 15) is 9.90 Å². The van der Waals surface area contributed by atoms with Gasteiger partial charge in [0.05, 0.1) is 11.1 Å². The summed E-state index contributed by atoms with van der Waals surface area (Å²) in [5, 5.41) is 11.2. The molecule has 4 nitrogen and oxygen atoms in total. The van der Waals surface area contributed by atoms with Gasteiger partial charge in [0.1, 0.15) is 5.69 Å². The zero-order valence-electron chi connectivity index (χ0n) is 13.2. The maximum absolute atomic E-state index is 12.5. The van der Waals surface area contributed by atoms with Crippen LogP contribution in [0.4, 0.5) is 0 Å². The third-order valence-electron chi connectivity index (χ3n) is 3.62. The number of rotatable bonds is 6. The standard InChI is InChI=1S/C17H22N2O2S/c1-4-19(5-2)17(21)16-15(22-12(3)18-16)11-14(20)13-9-7-6-8-10-13/h6-10,14,20H,4-5,11H2,1-3H3. The second-order valence-electron chi connectivity index (χ2n) is 5.11. The zero-order valence-corrected chi connectivity index (χ0v) is 14.1. The van der Waals surface area contributed by atoms with Crippen LogP contribution in [0, 0.1) is 6.92 Å². The number of hydrogen-bond acceptors (Lipinski definition) is 4. The summed E-state index contributed by atoms with van der Waals surface area (Å²) >= 11 is 1.49. The van der Waals surface area contributed by atoms with Gasteiger partial charge in [0, 0.05) is 24.4 Å². The molecule has 5 heteroatoms. The van der Waals surface area contributed by atoms with E-state index in [2.05, 4.69) is 4.98 Å². The third kappa shape index (κ3) is 3.72. The SMILES string of the molecule is CCN(CC)C(=O)c1nc(C)sc1CC(O)c1ccccc1. The van der Waals surface area contributed by atoms with Crippen LogP contribution in [-0.4, -0.2) is 34.0 Å². The Kier molecular flexibility index (Phi) is 5.69. The Hall–Kier alpha value is -1.72. The molecule has 1 heterocycles. The van der Waals surface area contributed by atoms with Crippen LogP contribution in [0.15, 0.2) is 30.3 Å². The molecule has 0 bridgehead atoms. The number of benzene rings is 1. The number of aromatic nitrogens is 1. The van der Waals surface area contributed by atoms with Crippen molar-refractivity contribution in [1.29, 1.82) is 0 Å². The Bertz CT molecular complexity index is 621. The molecule has 0 aliphatic rings. The van der Waals surface area contributed by atoms with E-state index in [1.54, 1.807) is 4.90 Å².